The number of imidazole rings is 1. The van der Waals surface area contributed by atoms with Crippen molar-refractivity contribution in [1.82, 2.24) is 24.9 Å². The highest BCUT2D eigenvalue weighted by Crippen LogP contribution is 2.38. The SMILES string of the molecule is COC(=O)N[C@H]1CN(c2cc(N)cc(Nc3nc(NC4CC4)c4ncc(N)n4n3)c2Cl)C[C@H]1OC. The Morgan fingerprint density at radius 3 is 2.74 bits per heavy atom. The van der Waals surface area contributed by atoms with E-state index in [-0.39, 0.29) is 18.1 Å². The topological polar surface area (TPSA) is 170 Å². The number of hydrogen-bond donors (Lipinski definition) is 5. The Hall–Kier alpha value is -3.71. The Bertz CT molecular complexity index is 1260. The molecule has 0 radical (unpaired) electrons. The molecule has 3 heterocycles. The van der Waals surface area contributed by atoms with Crippen LogP contribution in [0.5, 0.6) is 0 Å². The molecule has 7 N–H and O–H groups in total. The minimum absolute atomic E-state index is 0.256. The van der Waals surface area contributed by atoms with Crippen LogP contribution in [0.3, 0.4) is 0 Å². The normalized spacial score (nSPS) is 19.7. The molecule has 35 heavy (non-hydrogen) atoms. The van der Waals surface area contributed by atoms with Gasteiger partial charge in [-0.2, -0.15) is 9.50 Å². The number of fused-ring (bicyclic) bond motifs is 1. The van der Waals surface area contributed by atoms with E-state index in [4.69, 9.17) is 32.5 Å². The lowest BCUT2D eigenvalue weighted by Crippen LogP contribution is -2.43. The molecule has 0 spiro atoms. The minimum Gasteiger partial charge on any atom is -0.453 e. The minimum atomic E-state index is -0.526. The number of anilines is 6. The van der Waals surface area contributed by atoms with E-state index in [2.05, 4.69) is 31.0 Å². The summed E-state index contributed by atoms with van der Waals surface area (Å²) in [6.45, 7) is 0.955. The number of nitrogens with two attached hydrogens (primary N) is 2. The van der Waals surface area contributed by atoms with Gasteiger partial charge < -0.3 is 41.8 Å². The summed E-state index contributed by atoms with van der Waals surface area (Å²) in [5.41, 5.74) is 14.5. The molecule has 0 unspecified atom stereocenters. The first-order chi connectivity index (χ1) is 16.9. The third kappa shape index (κ3) is 4.64. The van der Waals surface area contributed by atoms with Crippen LogP contribution >= 0.6 is 11.6 Å². The number of alkyl carbamates (subject to hydrolysis) is 1. The van der Waals surface area contributed by atoms with Gasteiger partial charge in [-0.15, -0.1) is 5.10 Å². The van der Waals surface area contributed by atoms with Gasteiger partial charge in [0, 0.05) is 31.9 Å². The first-order valence-electron chi connectivity index (χ1n) is 11.1. The number of nitrogen functional groups attached to an aromatic ring is 2. The number of carbonyl (C=O) groups is 1. The predicted molar refractivity (Wildman–Crippen MR) is 133 cm³/mol. The number of benzene rings is 1. The molecule has 14 heteroatoms. The molecule has 2 aromatic heterocycles. The Balaban J connectivity index is 1.44. The first-order valence-corrected chi connectivity index (χ1v) is 11.5. The molecule has 5 rings (SSSR count). The summed E-state index contributed by atoms with van der Waals surface area (Å²) >= 11 is 6.82. The number of rotatable bonds is 7. The van der Waals surface area contributed by atoms with Crippen LogP contribution in [0.2, 0.25) is 5.02 Å². The second-order valence-corrected chi connectivity index (χ2v) is 8.95. The standard InChI is InChI=1S/C21H27ClN10O3/c1-34-15-9-31(8-13(15)28-21(33)35-2)14-6-10(23)5-12(17(14)22)27-20-29-18(26-11-3-4-11)19-25-7-16(24)32(19)30-20/h5-7,11,13,15H,3-4,8-9,23-24H2,1-2H3,(H,28,33)(H2,26,27,29,30)/t13-,15+/m0/s1. The van der Waals surface area contributed by atoms with Crippen molar-refractivity contribution in [1.29, 1.82) is 0 Å². The molecule has 2 aliphatic rings. The average Bonchev–Trinajstić information content (AvgIpc) is 3.44. The molecule has 1 saturated carbocycles. The van der Waals surface area contributed by atoms with Crippen LogP contribution in [0.1, 0.15) is 12.8 Å². The highest BCUT2D eigenvalue weighted by atomic mass is 35.5. The van der Waals surface area contributed by atoms with Crippen molar-refractivity contribution in [2.45, 2.75) is 31.0 Å². The molecule has 1 saturated heterocycles. The molecule has 1 aliphatic heterocycles. The van der Waals surface area contributed by atoms with Gasteiger partial charge in [-0.05, 0) is 25.0 Å². The summed E-state index contributed by atoms with van der Waals surface area (Å²) in [6, 6.07) is 3.56. The van der Waals surface area contributed by atoms with E-state index < -0.39 is 6.09 Å². The lowest BCUT2D eigenvalue weighted by molar-refractivity contribution is 0.0922. The zero-order valence-corrected chi connectivity index (χ0v) is 20.0. The quantitative estimate of drug-likeness (QED) is 0.298. The molecule has 1 amide bonds. The number of halogens is 1. The fourth-order valence-electron chi connectivity index (χ4n) is 4.10. The molecule has 2 fully saturated rings. The van der Waals surface area contributed by atoms with Crippen LogP contribution in [0, 0.1) is 0 Å². The van der Waals surface area contributed by atoms with Crippen molar-refractivity contribution in [2.75, 3.05) is 54.3 Å². The van der Waals surface area contributed by atoms with Gasteiger partial charge in [-0.1, -0.05) is 11.6 Å². The summed E-state index contributed by atoms with van der Waals surface area (Å²) in [4.78, 5) is 22.7. The van der Waals surface area contributed by atoms with Crippen molar-refractivity contribution in [3.8, 4) is 0 Å². The smallest absolute Gasteiger partial charge is 0.407 e. The van der Waals surface area contributed by atoms with E-state index >= 15 is 0 Å². The van der Waals surface area contributed by atoms with E-state index in [1.165, 1.54) is 17.8 Å². The van der Waals surface area contributed by atoms with E-state index in [0.29, 0.717) is 58.5 Å². The zero-order valence-electron chi connectivity index (χ0n) is 19.3. The monoisotopic (exact) mass is 502 g/mol. The third-order valence-corrected chi connectivity index (χ3v) is 6.42. The Morgan fingerprint density at radius 1 is 1.23 bits per heavy atom. The number of nitrogens with zero attached hydrogens (tertiary/aromatic N) is 5. The van der Waals surface area contributed by atoms with Gasteiger partial charge in [0.15, 0.2) is 11.5 Å². The molecular formula is C21H27ClN10O3. The number of ether oxygens (including phenoxy) is 2. The van der Waals surface area contributed by atoms with Gasteiger partial charge in [0.2, 0.25) is 5.95 Å². The van der Waals surface area contributed by atoms with Crippen LogP contribution in [0.15, 0.2) is 18.3 Å². The number of aromatic nitrogens is 4. The maximum absolute atomic E-state index is 11.7. The second kappa shape index (κ2) is 9.15. The highest BCUT2D eigenvalue weighted by molar-refractivity contribution is 6.36. The number of amides is 1. The highest BCUT2D eigenvalue weighted by Gasteiger charge is 2.35. The van der Waals surface area contributed by atoms with Gasteiger partial charge >= 0.3 is 6.09 Å². The van der Waals surface area contributed by atoms with E-state index in [0.717, 1.165) is 12.8 Å². The summed E-state index contributed by atoms with van der Waals surface area (Å²) < 4.78 is 11.8. The van der Waals surface area contributed by atoms with Crippen LogP contribution < -0.4 is 32.3 Å². The summed E-state index contributed by atoms with van der Waals surface area (Å²) in [5, 5.41) is 14.2. The van der Waals surface area contributed by atoms with E-state index in [1.807, 2.05) is 4.90 Å². The van der Waals surface area contributed by atoms with Gasteiger partial charge in [0.05, 0.1) is 41.8 Å². The molecular weight excluding hydrogens is 476 g/mol. The van der Waals surface area contributed by atoms with Crippen LogP contribution in [-0.2, 0) is 9.47 Å². The van der Waals surface area contributed by atoms with E-state index in [9.17, 15) is 4.79 Å². The first kappa shape index (κ1) is 23.1. The number of carbonyl (C=O) groups excluding carboxylic acids is 1. The summed E-state index contributed by atoms with van der Waals surface area (Å²) in [6.07, 6.45) is 2.90. The molecule has 1 aliphatic carbocycles. The summed E-state index contributed by atoms with van der Waals surface area (Å²) in [7, 11) is 2.91. The Morgan fingerprint density at radius 2 is 2.03 bits per heavy atom. The van der Waals surface area contributed by atoms with Crippen molar-refractivity contribution in [2.24, 2.45) is 0 Å². The second-order valence-electron chi connectivity index (χ2n) is 8.57. The fraction of sp³-hybridized carbons (Fsp3) is 0.429. The number of hydrogen-bond acceptors (Lipinski definition) is 11. The van der Waals surface area contributed by atoms with Crippen molar-refractivity contribution in [3.63, 3.8) is 0 Å². The number of nitrogens with one attached hydrogen (secondary N) is 3. The average molecular weight is 503 g/mol. The lowest BCUT2D eigenvalue weighted by Gasteiger charge is -2.22. The predicted octanol–water partition coefficient (Wildman–Crippen LogP) is 1.82. The molecule has 2 atom stereocenters. The van der Waals surface area contributed by atoms with E-state index in [1.54, 1.807) is 19.2 Å². The molecule has 3 aromatic rings. The molecule has 0 bridgehead atoms. The van der Waals surface area contributed by atoms with Crippen LogP contribution in [-0.4, -0.2) is 71.2 Å². The fourth-order valence-corrected chi connectivity index (χ4v) is 4.38. The van der Waals surface area contributed by atoms with Crippen LogP contribution in [0.4, 0.5) is 39.4 Å². The van der Waals surface area contributed by atoms with Crippen LogP contribution in [0.25, 0.3) is 5.65 Å². The van der Waals surface area contributed by atoms with Gasteiger partial charge in [-0.3, -0.25) is 0 Å². The molecule has 1 aromatic carbocycles. The number of methoxy groups -OCH3 is 2. The maximum Gasteiger partial charge on any atom is 0.407 e. The third-order valence-electron chi connectivity index (χ3n) is 6.03. The molecule has 13 nitrogen and oxygen atoms in total. The van der Waals surface area contributed by atoms with Gasteiger partial charge in [-0.25, -0.2) is 9.78 Å². The van der Waals surface area contributed by atoms with Gasteiger partial charge in [0.25, 0.3) is 0 Å². The maximum atomic E-state index is 11.7. The largest absolute Gasteiger partial charge is 0.453 e. The Kier molecular flexibility index (Phi) is 6.03. The van der Waals surface area contributed by atoms with Crippen molar-refractivity contribution < 1.29 is 14.3 Å². The Labute approximate surface area is 206 Å². The van der Waals surface area contributed by atoms with Crippen molar-refractivity contribution >= 4 is 58.0 Å². The van der Waals surface area contributed by atoms with Gasteiger partial charge in [0.1, 0.15) is 5.82 Å². The summed E-state index contributed by atoms with van der Waals surface area (Å²) in [5.74, 6) is 1.25. The zero-order chi connectivity index (χ0) is 24.7. The lowest BCUT2D eigenvalue weighted by atomic mass is 10.2. The van der Waals surface area contributed by atoms with Crippen molar-refractivity contribution in [3.05, 3.63) is 23.4 Å². The molecule has 186 valence electrons.